The van der Waals surface area contributed by atoms with Crippen molar-refractivity contribution in [3.8, 4) is 0 Å². The molecule has 2 aromatic rings. The highest BCUT2D eigenvalue weighted by molar-refractivity contribution is 5.85. The number of nitrogens with zero attached hydrogens (tertiary/aromatic N) is 3. The first-order valence-corrected chi connectivity index (χ1v) is 5.58. The van der Waals surface area contributed by atoms with Crippen molar-refractivity contribution in [1.82, 2.24) is 14.5 Å². The van der Waals surface area contributed by atoms with E-state index in [0.717, 1.165) is 23.3 Å². The second-order valence-electron chi connectivity index (χ2n) is 4.75. The van der Waals surface area contributed by atoms with E-state index in [-0.39, 0.29) is 5.54 Å². The van der Waals surface area contributed by atoms with Crippen LogP contribution in [0.1, 0.15) is 27.2 Å². The SMILES string of the molecule is CCC(C)(C)Nc1nccc2c1ncn2C. The maximum atomic E-state index is 4.37. The predicted octanol–water partition coefficient (Wildman–Crippen LogP) is 2.57. The number of hydrogen-bond donors (Lipinski definition) is 1. The molecule has 0 aliphatic carbocycles. The third-order valence-corrected chi connectivity index (χ3v) is 2.98. The van der Waals surface area contributed by atoms with Crippen LogP contribution < -0.4 is 5.32 Å². The van der Waals surface area contributed by atoms with Crippen LogP contribution >= 0.6 is 0 Å². The van der Waals surface area contributed by atoms with E-state index in [1.807, 2.05) is 30.2 Å². The average molecular weight is 218 g/mol. The lowest BCUT2D eigenvalue weighted by Gasteiger charge is -2.25. The van der Waals surface area contributed by atoms with Crippen molar-refractivity contribution in [2.45, 2.75) is 32.7 Å². The number of aryl methyl sites for hydroxylation is 1. The Morgan fingerprint density at radius 2 is 2.12 bits per heavy atom. The van der Waals surface area contributed by atoms with Crippen molar-refractivity contribution in [1.29, 1.82) is 0 Å². The van der Waals surface area contributed by atoms with E-state index in [4.69, 9.17) is 0 Å². The first-order valence-electron chi connectivity index (χ1n) is 5.58. The van der Waals surface area contributed by atoms with Gasteiger partial charge in [0, 0.05) is 18.8 Å². The normalized spacial score (nSPS) is 12.0. The lowest BCUT2D eigenvalue weighted by molar-refractivity contribution is 0.545. The summed E-state index contributed by atoms with van der Waals surface area (Å²) in [6, 6.07) is 1.98. The summed E-state index contributed by atoms with van der Waals surface area (Å²) in [5, 5.41) is 3.44. The van der Waals surface area contributed by atoms with E-state index < -0.39 is 0 Å². The van der Waals surface area contributed by atoms with E-state index in [9.17, 15) is 0 Å². The van der Waals surface area contributed by atoms with Gasteiger partial charge in [0.05, 0.1) is 11.8 Å². The molecule has 0 spiro atoms. The Kier molecular flexibility index (Phi) is 2.58. The number of imidazole rings is 1. The summed E-state index contributed by atoms with van der Waals surface area (Å²) >= 11 is 0. The fourth-order valence-electron chi connectivity index (χ4n) is 1.56. The first-order chi connectivity index (χ1) is 7.53. The summed E-state index contributed by atoms with van der Waals surface area (Å²) in [5.41, 5.74) is 2.08. The fourth-order valence-corrected chi connectivity index (χ4v) is 1.56. The molecule has 0 radical (unpaired) electrons. The van der Waals surface area contributed by atoms with E-state index in [1.54, 1.807) is 0 Å². The van der Waals surface area contributed by atoms with Crippen LogP contribution in [0.3, 0.4) is 0 Å². The van der Waals surface area contributed by atoms with Crippen LogP contribution in [0.2, 0.25) is 0 Å². The molecule has 0 aliphatic rings. The molecule has 2 aromatic heterocycles. The standard InChI is InChI=1S/C12H18N4/c1-5-12(2,3)15-11-10-9(6-7-13-11)16(4)8-14-10/h6-8H,5H2,1-4H3,(H,13,15). The third kappa shape index (κ3) is 1.87. The molecule has 0 saturated heterocycles. The number of hydrogen-bond acceptors (Lipinski definition) is 3. The van der Waals surface area contributed by atoms with E-state index >= 15 is 0 Å². The van der Waals surface area contributed by atoms with Gasteiger partial charge in [-0.05, 0) is 26.3 Å². The van der Waals surface area contributed by atoms with Crippen molar-refractivity contribution in [3.63, 3.8) is 0 Å². The molecule has 86 valence electrons. The predicted molar refractivity (Wildman–Crippen MR) is 66.5 cm³/mol. The van der Waals surface area contributed by atoms with Gasteiger partial charge in [0.25, 0.3) is 0 Å². The molecule has 2 rings (SSSR count). The van der Waals surface area contributed by atoms with Gasteiger partial charge in [0.1, 0.15) is 5.52 Å². The largest absolute Gasteiger partial charge is 0.363 e. The highest BCUT2D eigenvalue weighted by Gasteiger charge is 2.17. The lowest BCUT2D eigenvalue weighted by Crippen LogP contribution is -2.30. The molecule has 0 bridgehead atoms. The molecule has 2 heterocycles. The van der Waals surface area contributed by atoms with Gasteiger partial charge >= 0.3 is 0 Å². The van der Waals surface area contributed by atoms with E-state index in [2.05, 4.69) is 36.1 Å². The van der Waals surface area contributed by atoms with Crippen LogP contribution in [0.25, 0.3) is 11.0 Å². The van der Waals surface area contributed by atoms with Gasteiger partial charge in [-0.15, -0.1) is 0 Å². The Hall–Kier alpha value is -1.58. The molecule has 16 heavy (non-hydrogen) atoms. The average Bonchev–Trinajstić information content (AvgIpc) is 2.62. The zero-order valence-corrected chi connectivity index (χ0v) is 10.3. The summed E-state index contributed by atoms with van der Waals surface area (Å²) in [7, 11) is 1.99. The van der Waals surface area contributed by atoms with E-state index in [0.29, 0.717) is 0 Å². The van der Waals surface area contributed by atoms with Crippen molar-refractivity contribution in [2.75, 3.05) is 5.32 Å². The Balaban J connectivity index is 2.45. The van der Waals surface area contributed by atoms with Gasteiger partial charge in [0.15, 0.2) is 5.82 Å². The van der Waals surface area contributed by atoms with Crippen LogP contribution in [0.5, 0.6) is 0 Å². The smallest absolute Gasteiger partial charge is 0.154 e. The van der Waals surface area contributed by atoms with Crippen molar-refractivity contribution in [3.05, 3.63) is 18.6 Å². The summed E-state index contributed by atoms with van der Waals surface area (Å²) in [6.07, 6.45) is 4.67. The van der Waals surface area contributed by atoms with Crippen LogP contribution in [0, 0.1) is 0 Å². The minimum atomic E-state index is 0.0405. The summed E-state index contributed by atoms with van der Waals surface area (Å²) in [6.45, 7) is 6.48. The molecule has 0 aromatic carbocycles. The molecule has 0 atom stereocenters. The lowest BCUT2D eigenvalue weighted by atomic mass is 10.0. The highest BCUT2D eigenvalue weighted by Crippen LogP contribution is 2.23. The number of aromatic nitrogens is 3. The first kappa shape index (κ1) is 10.9. The van der Waals surface area contributed by atoms with Crippen molar-refractivity contribution >= 4 is 16.9 Å². The van der Waals surface area contributed by atoms with Crippen LogP contribution in [0.15, 0.2) is 18.6 Å². The number of nitrogens with one attached hydrogen (secondary N) is 1. The van der Waals surface area contributed by atoms with Gasteiger partial charge in [-0.25, -0.2) is 9.97 Å². The van der Waals surface area contributed by atoms with Crippen molar-refractivity contribution in [2.24, 2.45) is 7.05 Å². The molecule has 0 fully saturated rings. The number of rotatable bonds is 3. The highest BCUT2D eigenvalue weighted by atomic mass is 15.1. The van der Waals surface area contributed by atoms with Gasteiger partial charge in [-0.3, -0.25) is 0 Å². The summed E-state index contributed by atoms with van der Waals surface area (Å²) in [4.78, 5) is 8.74. The molecular weight excluding hydrogens is 200 g/mol. The van der Waals surface area contributed by atoms with Gasteiger partial charge in [-0.1, -0.05) is 6.92 Å². The Bertz CT molecular complexity index is 499. The minimum Gasteiger partial charge on any atom is -0.363 e. The molecule has 4 nitrogen and oxygen atoms in total. The van der Waals surface area contributed by atoms with E-state index in [1.165, 1.54) is 0 Å². The van der Waals surface area contributed by atoms with Crippen LogP contribution in [-0.4, -0.2) is 20.1 Å². The zero-order chi connectivity index (χ0) is 11.8. The monoisotopic (exact) mass is 218 g/mol. The second-order valence-corrected chi connectivity index (χ2v) is 4.75. The quantitative estimate of drug-likeness (QED) is 0.861. The fraction of sp³-hybridized carbons (Fsp3) is 0.500. The second kappa shape index (κ2) is 3.77. The van der Waals surface area contributed by atoms with Gasteiger partial charge in [-0.2, -0.15) is 0 Å². The van der Waals surface area contributed by atoms with Gasteiger partial charge < -0.3 is 9.88 Å². The minimum absolute atomic E-state index is 0.0405. The Labute approximate surface area is 95.7 Å². The Morgan fingerprint density at radius 3 is 2.81 bits per heavy atom. The summed E-state index contributed by atoms with van der Waals surface area (Å²) < 4.78 is 2.00. The molecule has 0 amide bonds. The number of pyridine rings is 1. The zero-order valence-electron chi connectivity index (χ0n) is 10.3. The molecular formula is C12H18N4. The number of fused-ring (bicyclic) bond motifs is 1. The molecule has 0 saturated carbocycles. The molecule has 0 aliphatic heterocycles. The molecule has 1 N–H and O–H groups in total. The summed E-state index contributed by atoms with van der Waals surface area (Å²) in [5.74, 6) is 0.866. The Morgan fingerprint density at radius 1 is 1.38 bits per heavy atom. The topological polar surface area (TPSA) is 42.7 Å². The number of anilines is 1. The van der Waals surface area contributed by atoms with Crippen molar-refractivity contribution < 1.29 is 0 Å². The maximum Gasteiger partial charge on any atom is 0.154 e. The van der Waals surface area contributed by atoms with Crippen LogP contribution in [-0.2, 0) is 7.05 Å². The maximum absolute atomic E-state index is 4.37. The van der Waals surface area contributed by atoms with Gasteiger partial charge in [0.2, 0.25) is 0 Å². The molecule has 0 unspecified atom stereocenters. The third-order valence-electron chi connectivity index (χ3n) is 2.98. The molecule has 4 heteroatoms. The van der Waals surface area contributed by atoms with Crippen LogP contribution in [0.4, 0.5) is 5.82 Å².